The standard InChI is InChI=1S/C19H20N4O3/c24-18(5-3-15-2-4-16-17(14-15)26-13-12-25-16)22-8-10-23(11-9-22)19-20-6-1-7-21-19/h1-7,14H,8-13H2/b5-3+. The van der Waals surface area contributed by atoms with Gasteiger partial charge in [-0.1, -0.05) is 6.07 Å². The minimum Gasteiger partial charge on any atom is -0.486 e. The molecular weight excluding hydrogens is 332 g/mol. The lowest BCUT2D eigenvalue weighted by molar-refractivity contribution is -0.126. The molecule has 0 radical (unpaired) electrons. The molecule has 1 aromatic heterocycles. The summed E-state index contributed by atoms with van der Waals surface area (Å²) in [5.41, 5.74) is 0.916. The van der Waals surface area contributed by atoms with Crippen LogP contribution in [0.15, 0.2) is 42.7 Å². The van der Waals surface area contributed by atoms with Gasteiger partial charge in [-0.05, 0) is 29.8 Å². The molecule has 2 aliphatic rings. The van der Waals surface area contributed by atoms with Crippen LogP contribution >= 0.6 is 0 Å². The lowest BCUT2D eigenvalue weighted by Crippen LogP contribution is -2.48. The number of aromatic nitrogens is 2. The number of piperazine rings is 1. The Balaban J connectivity index is 1.35. The maximum atomic E-state index is 12.4. The zero-order valence-corrected chi connectivity index (χ0v) is 14.4. The second-order valence-electron chi connectivity index (χ2n) is 6.10. The first kappa shape index (κ1) is 16.4. The quantitative estimate of drug-likeness (QED) is 0.782. The number of carbonyl (C=O) groups excluding carboxylic acids is 1. The maximum Gasteiger partial charge on any atom is 0.246 e. The van der Waals surface area contributed by atoms with E-state index in [0.29, 0.717) is 32.3 Å². The van der Waals surface area contributed by atoms with Gasteiger partial charge in [0, 0.05) is 44.6 Å². The van der Waals surface area contributed by atoms with Crippen molar-refractivity contribution in [3.8, 4) is 11.5 Å². The van der Waals surface area contributed by atoms with Gasteiger partial charge in [0.2, 0.25) is 11.9 Å². The molecule has 7 heteroatoms. The van der Waals surface area contributed by atoms with Crippen molar-refractivity contribution in [1.82, 2.24) is 14.9 Å². The van der Waals surface area contributed by atoms with Gasteiger partial charge in [-0.15, -0.1) is 0 Å². The maximum absolute atomic E-state index is 12.4. The highest BCUT2D eigenvalue weighted by molar-refractivity contribution is 5.92. The molecule has 0 unspecified atom stereocenters. The van der Waals surface area contributed by atoms with E-state index in [-0.39, 0.29) is 5.91 Å². The van der Waals surface area contributed by atoms with E-state index in [1.807, 2.05) is 29.2 Å². The minimum absolute atomic E-state index is 0.00789. The third-order valence-electron chi connectivity index (χ3n) is 4.41. The van der Waals surface area contributed by atoms with Crippen molar-refractivity contribution in [2.75, 3.05) is 44.3 Å². The van der Waals surface area contributed by atoms with Gasteiger partial charge in [-0.2, -0.15) is 0 Å². The number of hydrogen-bond donors (Lipinski definition) is 0. The average Bonchev–Trinajstić information content (AvgIpc) is 2.72. The Hall–Kier alpha value is -3.09. The van der Waals surface area contributed by atoms with Crippen molar-refractivity contribution in [3.63, 3.8) is 0 Å². The summed E-state index contributed by atoms with van der Waals surface area (Å²) in [5.74, 6) is 2.20. The third kappa shape index (κ3) is 3.61. The number of amides is 1. The molecule has 0 saturated carbocycles. The van der Waals surface area contributed by atoms with Gasteiger partial charge >= 0.3 is 0 Å². The topological polar surface area (TPSA) is 67.8 Å². The molecule has 4 rings (SSSR count). The molecule has 0 atom stereocenters. The Morgan fingerprint density at radius 3 is 2.50 bits per heavy atom. The molecule has 0 bridgehead atoms. The summed E-state index contributed by atoms with van der Waals surface area (Å²) in [6.45, 7) is 3.89. The fourth-order valence-corrected chi connectivity index (χ4v) is 3.02. The first-order valence-electron chi connectivity index (χ1n) is 8.68. The number of hydrogen-bond acceptors (Lipinski definition) is 6. The number of nitrogens with zero attached hydrogens (tertiary/aromatic N) is 4. The van der Waals surface area contributed by atoms with Gasteiger partial charge in [0.25, 0.3) is 0 Å². The van der Waals surface area contributed by atoms with Crippen molar-refractivity contribution in [2.24, 2.45) is 0 Å². The number of carbonyl (C=O) groups is 1. The van der Waals surface area contributed by atoms with Crippen LogP contribution in [0, 0.1) is 0 Å². The summed E-state index contributed by atoms with van der Waals surface area (Å²) in [6, 6.07) is 7.48. The Bertz CT molecular complexity index is 802. The molecule has 1 fully saturated rings. The predicted molar refractivity (Wildman–Crippen MR) is 97.3 cm³/mol. The van der Waals surface area contributed by atoms with Gasteiger partial charge in [0.1, 0.15) is 13.2 Å². The number of ether oxygens (including phenoxy) is 2. The third-order valence-corrected chi connectivity index (χ3v) is 4.41. The molecule has 0 spiro atoms. The molecule has 2 aromatic rings. The summed E-state index contributed by atoms with van der Waals surface area (Å²) >= 11 is 0. The average molecular weight is 352 g/mol. The lowest BCUT2D eigenvalue weighted by Gasteiger charge is -2.34. The minimum atomic E-state index is 0.00789. The van der Waals surface area contributed by atoms with Gasteiger partial charge in [-0.3, -0.25) is 4.79 Å². The molecule has 0 aliphatic carbocycles. The Morgan fingerprint density at radius 2 is 1.73 bits per heavy atom. The zero-order chi connectivity index (χ0) is 17.8. The smallest absolute Gasteiger partial charge is 0.246 e. The van der Waals surface area contributed by atoms with E-state index in [1.165, 1.54) is 0 Å². The van der Waals surface area contributed by atoms with Gasteiger partial charge < -0.3 is 19.3 Å². The van der Waals surface area contributed by atoms with Crippen LogP contribution in [0.3, 0.4) is 0 Å². The first-order valence-corrected chi connectivity index (χ1v) is 8.68. The molecule has 134 valence electrons. The fraction of sp³-hybridized carbons (Fsp3) is 0.316. The van der Waals surface area contributed by atoms with E-state index in [9.17, 15) is 4.79 Å². The molecule has 1 amide bonds. The Kier molecular flexibility index (Phi) is 4.68. The van der Waals surface area contributed by atoms with Gasteiger partial charge in [0.15, 0.2) is 11.5 Å². The summed E-state index contributed by atoms with van der Waals surface area (Å²) in [4.78, 5) is 24.9. The molecule has 1 saturated heterocycles. The molecule has 0 N–H and O–H groups in total. The molecule has 7 nitrogen and oxygen atoms in total. The normalized spacial score (nSPS) is 16.8. The lowest BCUT2D eigenvalue weighted by atomic mass is 10.1. The summed E-state index contributed by atoms with van der Waals surface area (Å²) in [6.07, 6.45) is 6.89. The second-order valence-corrected chi connectivity index (χ2v) is 6.10. The molecule has 3 heterocycles. The number of benzene rings is 1. The fourth-order valence-electron chi connectivity index (χ4n) is 3.02. The summed E-state index contributed by atoms with van der Waals surface area (Å²) < 4.78 is 11.1. The molecule has 26 heavy (non-hydrogen) atoms. The van der Waals surface area contributed by atoms with E-state index >= 15 is 0 Å². The summed E-state index contributed by atoms with van der Waals surface area (Å²) in [7, 11) is 0. The highest BCUT2D eigenvalue weighted by Crippen LogP contribution is 2.31. The van der Waals surface area contributed by atoms with Crippen LogP contribution in [0.1, 0.15) is 5.56 Å². The van der Waals surface area contributed by atoms with E-state index in [4.69, 9.17) is 9.47 Å². The number of anilines is 1. The van der Waals surface area contributed by atoms with Gasteiger partial charge in [-0.25, -0.2) is 9.97 Å². The van der Waals surface area contributed by atoms with Crippen LogP contribution < -0.4 is 14.4 Å². The van der Waals surface area contributed by atoms with Crippen molar-refractivity contribution in [2.45, 2.75) is 0 Å². The summed E-state index contributed by atoms with van der Waals surface area (Å²) in [5, 5.41) is 0. The van der Waals surface area contributed by atoms with Crippen LogP contribution in [0.2, 0.25) is 0 Å². The van der Waals surface area contributed by atoms with Crippen LogP contribution in [0.4, 0.5) is 5.95 Å². The Labute approximate surface area is 151 Å². The van der Waals surface area contributed by atoms with E-state index in [1.54, 1.807) is 24.5 Å². The van der Waals surface area contributed by atoms with Crippen LogP contribution in [-0.2, 0) is 4.79 Å². The van der Waals surface area contributed by atoms with E-state index in [2.05, 4.69) is 14.9 Å². The molecule has 2 aliphatic heterocycles. The number of fused-ring (bicyclic) bond motifs is 1. The Morgan fingerprint density at radius 1 is 1.00 bits per heavy atom. The van der Waals surface area contributed by atoms with Crippen molar-refractivity contribution in [3.05, 3.63) is 48.3 Å². The van der Waals surface area contributed by atoms with Crippen molar-refractivity contribution < 1.29 is 14.3 Å². The van der Waals surface area contributed by atoms with Crippen LogP contribution in [-0.4, -0.2) is 60.2 Å². The van der Waals surface area contributed by atoms with Crippen molar-refractivity contribution in [1.29, 1.82) is 0 Å². The van der Waals surface area contributed by atoms with Crippen LogP contribution in [0.5, 0.6) is 11.5 Å². The second kappa shape index (κ2) is 7.43. The highest BCUT2D eigenvalue weighted by Gasteiger charge is 2.21. The SMILES string of the molecule is O=C(/C=C/c1ccc2c(c1)OCCO2)N1CCN(c2ncccn2)CC1. The van der Waals surface area contributed by atoms with Crippen LogP contribution in [0.25, 0.3) is 6.08 Å². The van der Waals surface area contributed by atoms with E-state index < -0.39 is 0 Å². The van der Waals surface area contributed by atoms with Gasteiger partial charge in [0.05, 0.1) is 0 Å². The van der Waals surface area contributed by atoms with E-state index in [0.717, 1.165) is 30.2 Å². The zero-order valence-electron chi connectivity index (χ0n) is 14.4. The largest absolute Gasteiger partial charge is 0.486 e. The highest BCUT2D eigenvalue weighted by atomic mass is 16.6. The molecular formula is C19H20N4O3. The monoisotopic (exact) mass is 352 g/mol. The number of rotatable bonds is 3. The molecule has 1 aromatic carbocycles. The first-order chi connectivity index (χ1) is 12.8. The van der Waals surface area contributed by atoms with Crippen molar-refractivity contribution >= 4 is 17.9 Å². The predicted octanol–water partition coefficient (Wildman–Crippen LogP) is 1.61.